The second kappa shape index (κ2) is 5.04. The van der Waals surface area contributed by atoms with E-state index in [0.717, 1.165) is 51.6 Å². The molecule has 1 aliphatic heterocycles. The first-order chi connectivity index (χ1) is 7.70. The topological polar surface area (TPSA) is 52.6 Å². The van der Waals surface area contributed by atoms with E-state index in [9.17, 15) is 9.90 Å². The van der Waals surface area contributed by atoms with Crippen LogP contribution in [-0.2, 0) is 0 Å². The lowest BCUT2D eigenvalue weighted by Gasteiger charge is -2.29. The van der Waals surface area contributed by atoms with E-state index in [2.05, 4.69) is 5.32 Å². The van der Waals surface area contributed by atoms with Gasteiger partial charge in [0.2, 0.25) is 0 Å². The number of amides is 2. The van der Waals surface area contributed by atoms with E-state index < -0.39 is 5.60 Å². The number of likely N-dealkylation sites (tertiary alicyclic amines) is 1. The van der Waals surface area contributed by atoms with E-state index in [-0.39, 0.29) is 6.03 Å². The Bertz CT molecular complexity index is 243. The maximum Gasteiger partial charge on any atom is 0.317 e. The number of aliphatic hydroxyl groups is 1. The standard InChI is InChI=1S/C12H22N2O2/c15-11(14-8-4-1-5-9-14)13-10-12(16)6-2-3-7-12/h16H,1-10H2,(H,13,15). The Labute approximate surface area is 97.0 Å². The Morgan fingerprint density at radius 1 is 1.12 bits per heavy atom. The molecule has 1 saturated heterocycles. The molecule has 2 aliphatic rings. The molecule has 2 amide bonds. The third-order valence-corrected chi connectivity index (χ3v) is 3.75. The fraction of sp³-hybridized carbons (Fsp3) is 0.917. The van der Waals surface area contributed by atoms with E-state index in [1.54, 1.807) is 0 Å². The van der Waals surface area contributed by atoms with Crippen LogP contribution in [0.3, 0.4) is 0 Å². The van der Waals surface area contributed by atoms with Crippen LogP contribution in [0.1, 0.15) is 44.9 Å². The number of urea groups is 1. The number of hydrogen-bond acceptors (Lipinski definition) is 2. The zero-order chi connectivity index (χ0) is 11.4. The monoisotopic (exact) mass is 226 g/mol. The Kier molecular flexibility index (Phi) is 3.69. The van der Waals surface area contributed by atoms with Gasteiger partial charge in [0.25, 0.3) is 0 Å². The molecule has 1 aliphatic carbocycles. The Balaban J connectivity index is 1.74. The van der Waals surface area contributed by atoms with Crippen molar-refractivity contribution in [3.63, 3.8) is 0 Å². The molecule has 2 rings (SSSR count). The van der Waals surface area contributed by atoms with E-state index >= 15 is 0 Å². The summed E-state index contributed by atoms with van der Waals surface area (Å²) in [5.41, 5.74) is -0.633. The van der Waals surface area contributed by atoms with Crippen LogP contribution in [-0.4, -0.2) is 41.3 Å². The van der Waals surface area contributed by atoms with Gasteiger partial charge < -0.3 is 15.3 Å². The molecule has 1 heterocycles. The van der Waals surface area contributed by atoms with Crippen LogP contribution in [0, 0.1) is 0 Å². The molecule has 0 unspecified atom stereocenters. The van der Waals surface area contributed by atoms with Gasteiger partial charge in [-0.15, -0.1) is 0 Å². The minimum Gasteiger partial charge on any atom is -0.388 e. The minimum absolute atomic E-state index is 0.0000231. The molecule has 4 nitrogen and oxygen atoms in total. The number of rotatable bonds is 2. The fourth-order valence-corrected chi connectivity index (χ4v) is 2.66. The Morgan fingerprint density at radius 2 is 1.75 bits per heavy atom. The summed E-state index contributed by atoms with van der Waals surface area (Å²) in [6.45, 7) is 2.15. The van der Waals surface area contributed by atoms with Crippen LogP contribution in [0.25, 0.3) is 0 Å². The molecule has 0 aromatic rings. The van der Waals surface area contributed by atoms with Gasteiger partial charge in [0, 0.05) is 19.6 Å². The smallest absolute Gasteiger partial charge is 0.317 e. The molecule has 0 bridgehead atoms. The van der Waals surface area contributed by atoms with E-state index in [4.69, 9.17) is 0 Å². The number of nitrogens with one attached hydrogen (secondary N) is 1. The average molecular weight is 226 g/mol. The molecular weight excluding hydrogens is 204 g/mol. The highest BCUT2D eigenvalue weighted by Crippen LogP contribution is 2.28. The molecule has 0 spiro atoms. The summed E-state index contributed by atoms with van der Waals surface area (Å²) in [7, 11) is 0. The van der Waals surface area contributed by atoms with Crippen molar-refractivity contribution in [3.05, 3.63) is 0 Å². The molecule has 2 N–H and O–H groups in total. The van der Waals surface area contributed by atoms with Crippen LogP contribution < -0.4 is 5.32 Å². The minimum atomic E-state index is -0.633. The Morgan fingerprint density at radius 3 is 2.38 bits per heavy atom. The number of nitrogens with zero attached hydrogens (tertiary/aromatic N) is 1. The van der Waals surface area contributed by atoms with Crippen molar-refractivity contribution in [1.82, 2.24) is 10.2 Å². The van der Waals surface area contributed by atoms with Crippen LogP contribution >= 0.6 is 0 Å². The third-order valence-electron chi connectivity index (χ3n) is 3.75. The maximum absolute atomic E-state index is 11.8. The first-order valence-electron chi connectivity index (χ1n) is 6.45. The van der Waals surface area contributed by atoms with Gasteiger partial charge in [0.15, 0.2) is 0 Å². The van der Waals surface area contributed by atoms with Gasteiger partial charge in [-0.05, 0) is 32.1 Å². The quantitative estimate of drug-likeness (QED) is 0.749. The summed E-state index contributed by atoms with van der Waals surface area (Å²) in [5, 5.41) is 13.0. The first kappa shape index (κ1) is 11.7. The second-order valence-electron chi connectivity index (χ2n) is 5.14. The van der Waals surface area contributed by atoms with Gasteiger partial charge in [0.05, 0.1) is 5.60 Å². The zero-order valence-corrected chi connectivity index (χ0v) is 9.87. The van der Waals surface area contributed by atoms with E-state index in [0.29, 0.717) is 6.54 Å². The van der Waals surface area contributed by atoms with Crippen molar-refractivity contribution in [1.29, 1.82) is 0 Å². The highest BCUT2D eigenvalue weighted by atomic mass is 16.3. The lowest BCUT2D eigenvalue weighted by Crippen LogP contribution is -2.48. The normalized spacial score (nSPS) is 24.4. The summed E-state index contributed by atoms with van der Waals surface area (Å²) in [4.78, 5) is 13.7. The van der Waals surface area contributed by atoms with Crippen molar-refractivity contribution < 1.29 is 9.90 Å². The molecule has 92 valence electrons. The summed E-state index contributed by atoms with van der Waals surface area (Å²) < 4.78 is 0. The van der Waals surface area contributed by atoms with Crippen LogP contribution in [0.15, 0.2) is 0 Å². The second-order valence-corrected chi connectivity index (χ2v) is 5.14. The van der Waals surface area contributed by atoms with E-state index in [1.807, 2.05) is 4.90 Å². The van der Waals surface area contributed by atoms with Gasteiger partial charge in [-0.25, -0.2) is 4.79 Å². The van der Waals surface area contributed by atoms with Gasteiger partial charge in [-0.1, -0.05) is 12.8 Å². The van der Waals surface area contributed by atoms with Crippen molar-refractivity contribution in [3.8, 4) is 0 Å². The number of carbonyl (C=O) groups excluding carboxylic acids is 1. The lowest BCUT2D eigenvalue weighted by molar-refractivity contribution is 0.0482. The summed E-state index contributed by atoms with van der Waals surface area (Å²) in [6, 6.07) is 0.0000231. The van der Waals surface area contributed by atoms with Crippen LogP contribution in [0.5, 0.6) is 0 Å². The number of hydrogen-bond donors (Lipinski definition) is 2. The molecule has 16 heavy (non-hydrogen) atoms. The van der Waals surface area contributed by atoms with Gasteiger partial charge in [0.1, 0.15) is 0 Å². The van der Waals surface area contributed by atoms with Gasteiger partial charge >= 0.3 is 6.03 Å². The van der Waals surface area contributed by atoms with Crippen molar-refractivity contribution in [2.75, 3.05) is 19.6 Å². The van der Waals surface area contributed by atoms with Crippen molar-refractivity contribution >= 4 is 6.03 Å². The largest absolute Gasteiger partial charge is 0.388 e. The lowest BCUT2D eigenvalue weighted by atomic mass is 10.0. The van der Waals surface area contributed by atoms with Crippen molar-refractivity contribution in [2.45, 2.75) is 50.5 Å². The molecule has 2 fully saturated rings. The predicted octanol–water partition coefficient (Wildman–Crippen LogP) is 1.49. The molecule has 0 aromatic heterocycles. The summed E-state index contributed by atoms with van der Waals surface area (Å²) >= 11 is 0. The Hall–Kier alpha value is -0.770. The average Bonchev–Trinajstić information content (AvgIpc) is 2.75. The number of piperidine rings is 1. The molecule has 0 atom stereocenters. The summed E-state index contributed by atoms with van der Waals surface area (Å²) in [5.74, 6) is 0. The molecule has 1 saturated carbocycles. The SMILES string of the molecule is O=C(NCC1(O)CCCC1)N1CCCCC1. The van der Waals surface area contributed by atoms with Crippen LogP contribution in [0.2, 0.25) is 0 Å². The van der Waals surface area contributed by atoms with Gasteiger partial charge in [-0.2, -0.15) is 0 Å². The molecular formula is C12H22N2O2. The van der Waals surface area contributed by atoms with Crippen molar-refractivity contribution in [2.24, 2.45) is 0 Å². The predicted molar refractivity (Wildman–Crippen MR) is 62.2 cm³/mol. The van der Waals surface area contributed by atoms with E-state index in [1.165, 1.54) is 6.42 Å². The highest BCUT2D eigenvalue weighted by Gasteiger charge is 2.31. The molecule has 0 aromatic carbocycles. The highest BCUT2D eigenvalue weighted by molar-refractivity contribution is 5.74. The van der Waals surface area contributed by atoms with Gasteiger partial charge in [-0.3, -0.25) is 0 Å². The fourth-order valence-electron chi connectivity index (χ4n) is 2.66. The zero-order valence-electron chi connectivity index (χ0n) is 9.87. The summed E-state index contributed by atoms with van der Waals surface area (Å²) in [6.07, 6.45) is 7.26. The molecule has 4 heteroatoms. The first-order valence-corrected chi connectivity index (χ1v) is 6.45. The number of carbonyl (C=O) groups is 1. The third kappa shape index (κ3) is 2.88. The molecule has 0 radical (unpaired) electrons. The van der Waals surface area contributed by atoms with Crippen LogP contribution in [0.4, 0.5) is 4.79 Å². The maximum atomic E-state index is 11.8.